The molecule has 19 heavy (non-hydrogen) atoms. The average molecular weight is 257 g/mol. The Morgan fingerprint density at radius 3 is 2.58 bits per heavy atom. The zero-order chi connectivity index (χ0) is 13.4. The molecule has 5 heteroatoms. The monoisotopic (exact) mass is 257 g/mol. The van der Waals surface area contributed by atoms with Gasteiger partial charge in [-0.25, -0.2) is 4.79 Å². The first-order valence-electron chi connectivity index (χ1n) is 6.06. The molecule has 0 amide bonds. The maximum atomic E-state index is 12.2. The van der Waals surface area contributed by atoms with Gasteiger partial charge >= 0.3 is 5.76 Å². The van der Waals surface area contributed by atoms with Crippen LogP contribution in [0, 0.1) is 0 Å². The summed E-state index contributed by atoms with van der Waals surface area (Å²) in [7, 11) is 0. The van der Waals surface area contributed by atoms with E-state index in [-0.39, 0.29) is 5.56 Å². The number of aromatic nitrogens is 1. The van der Waals surface area contributed by atoms with Crippen LogP contribution >= 0.6 is 0 Å². The fraction of sp³-hybridized carbons (Fsp3) is 0.214. The van der Waals surface area contributed by atoms with Gasteiger partial charge in [0.25, 0.3) is 11.5 Å². The van der Waals surface area contributed by atoms with Gasteiger partial charge in [0.1, 0.15) is 5.76 Å². The topological polar surface area (TPSA) is 69.3 Å². The van der Waals surface area contributed by atoms with Crippen LogP contribution in [-0.4, -0.2) is 10.5 Å². The van der Waals surface area contributed by atoms with E-state index in [4.69, 9.17) is 4.42 Å². The van der Waals surface area contributed by atoms with E-state index in [2.05, 4.69) is 0 Å². The summed E-state index contributed by atoms with van der Waals surface area (Å²) in [5, 5.41) is 0. The van der Waals surface area contributed by atoms with Gasteiger partial charge in [-0.3, -0.25) is 9.59 Å². The van der Waals surface area contributed by atoms with Crippen molar-refractivity contribution in [1.29, 1.82) is 0 Å². The van der Waals surface area contributed by atoms with Gasteiger partial charge in [0.15, 0.2) is 0 Å². The number of rotatable bonds is 1. The zero-order valence-electron chi connectivity index (χ0n) is 10.1. The normalized spacial score (nSPS) is 13.3. The summed E-state index contributed by atoms with van der Waals surface area (Å²) in [5.41, 5.74) is 0.191. The van der Waals surface area contributed by atoms with Crippen LogP contribution in [0.4, 0.5) is 0 Å². The third-order valence-corrected chi connectivity index (χ3v) is 3.25. The lowest BCUT2D eigenvalue weighted by Gasteiger charge is -2.04. The Morgan fingerprint density at radius 2 is 1.84 bits per heavy atom. The highest BCUT2D eigenvalue weighted by Crippen LogP contribution is 2.16. The van der Waals surface area contributed by atoms with Gasteiger partial charge in [-0.1, -0.05) is 18.2 Å². The van der Waals surface area contributed by atoms with Crippen LogP contribution in [0.5, 0.6) is 0 Å². The van der Waals surface area contributed by atoms with Crippen LogP contribution in [0.15, 0.2) is 44.3 Å². The minimum absolute atomic E-state index is 0.287. The summed E-state index contributed by atoms with van der Waals surface area (Å²) < 4.78 is 5.64. The number of nitrogens with zero attached hydrogens (tertiary/aromatic N) is 1. The van der Waals surface area contributed by atoms with Crippen molar-refractivity contribution in [3.63, 3.8) is 0 Å². The van der Waals surface area contributed by atoms with E-state index in [0.29, 0.717) is 28.7 Å². The Hall–Kier alpha value is -2.43. The highest BCUT2D eigenvalue weighted by molar-refractivity contribution is 5.95. The summed E-state index contributed by atoms with van der Waals surface area (Å²) in [5.74, 6) is -1.12. The Bertz CT molecular complexity index is 755. The second-order valence-electron chi connectivity index (χ2n) is 4.43. The Kier molecular flexibility index (Phi) is 2.67. The molecule has 0 unspecified atom stereocenters. The lowest BCUT2D eigenvalue weighted by Crippen LogP contribution is -2.39. The summed E-state index contributed by atoms with van der Waals surface area (Å²) in [6.45, 7) is 0. The smallest absolute Gasteiger partial charge is 0.414 e. The van der Waals surface area contributed by atoms with Gasteiger partial charge in [-0.2, -0.15) is 4.57 Å². The summed E-state index contributed by atoms with van der Waals surface area (Å²) >= 11 is 0. The maximum absolute atomic E-state index is 12.2. The third-order valence-electron chi connectivity index (χ3n) is 3.25. The lowest BCUT2D eigenvalue weighted by atomic mass is 10.2. The molecule has 5 nitrogen and oxygen atoms in total. The van der Waals surface area contributed by atoms with Crippen LogP contribution in [-0.2, 0) is 12.8 Å². The molecule has 0 fully saturated rings. The van der Waals surface area contributed by atoms with E-state index in [0.717, 1.165) is 6.42 Å². The molecule has 96 valence electrons. The molecule has 0 saturated heterocycles. The Balaban J connectivity index is 2.20. The van der Waals surface area contributed by atoms with E-state index < -0.39 is 17.2 Å². The van der Waals surface area contributed by atoms with E-state index in [1.807, 2.05) is 0 Å². The molecule has 1 aromatic carbocycles. The van der Waals surface area contributed by atoms with Crippen molar-refractivity contribution in [3.05, 3.63) is 68.1 Å². The van der Waals surface area contributed by atoms with Gasteiger partial charge in [0.2, 0.25) is 0 Å². The van der Waals surface area contributed by atoms with Crippen molar-refractivity contribution in [3.8, 4) is 0 Å². The SMILES string of the molecule is O=C(c1ccccc1)n1c(=O)oc2c(c1=O)CCC2. The molecule has 0 aliphatic heterocycles. The average Bonchev–Trinajstić information content (AvgIpc) is 2.88. The van der Waals surface area contributed by atoms with Crippen LogP contribution in [0.25, 0.3) is 0 Å². The standard InChI is InChI=1S/C14H11NO4/c16-12(9-5-2-1-3-6-9)15-13(17)10-7-4-8-11(10)19-14(15)18/h1-3,5-6H,4,7-8H2. The first-order valence-corrected chi connectivity index (χ1v) is 6.06. The molecule has 0 N–H and O–H groups in total. The van der Waals surface area contributed by atoms with Gasteiger partial charge in [-0.05, 0) is 25.0 Å². The number of hydrogen-bond donors (Lipinski definition) is 0. The lowest BCUT2D eigenvalue weighted by molar-refractivity contribution is 0.0939. The summed E-state index contributed by atoms with van der Waals surface area (Å²) in [6.07, 6.45) is 1.91. The molecule has 0 bridgehead atoms. The number of carbonyl (C=O) groups excluding carboxylic acids is 1. The van der Waals surface area contributed by atoms with E-state index >= 15 is 0 Å². The van der Waals surface area contributed by atoms with Crippen LogP contribution in [0.3, 0.4) is 0 Å². The molecule has 1 aliphatic carbocycles. The van der Waals surface area contributed by atoms with Crippen molar-refractivity contribution in [2.24, 2.45) is 0 Å². The third kappa shape index (κ3) is 1.83. The van der Waals surface area contributed by atoms with Crippen LogP contribution in [0.1, 0.15) is 28.1 Å². The first-order chi connectivity index (χ1) is 9.18. The minimum atomic E-state index is -0.903. The highest BCUT2D eigenvalue weighted by Gasteiger charge is 2.24. The molecule has 1 aliphatic rings. The zero-order valence-corrected chi connectivity index (χ0v) is 10.1. The second kappa shape index (κ2) is 4.35. The number of fused-ring (bicyclic) bond motifs is 1. The van der Waals surface area contributed by atoms with Crippen molar-refractivity contribution in [2.45, 2.75) is 19.3 Å². The Morgan fingerprint density at radius 1 is 1.11 bits per heavy atom. The molecular weight excluding hydrogens is 246 g/mol. The fourth-order valence-corrected chi connectivity index (χ4v) is 2.31. The van der Waals surface area contributed by atoms with Crippen molar-refractivity contribution in [1.82, 2.24) is 4.57 Å². The second-order valence-corrected chi connectivity index (χ2v) is 4.43. The van der Waals surface area contributed by atoms with E-state index in [1.165, 1.54) is 0 Å². The number of hydrogen-bond acceptors (Lipinski definition) is 4. The van der Waals surface area contributed by atoms with E-state index in [1.54, 1.807) is 30.3 Å². The molecule has 3 rings (SSSR count). The number of benzene rings is 1. The van der Waals surface area contributed by atoms with Crippen molar-refractivity contribution in [2.75, 3.05) is 0 Å². The first kappa shape index (κ1) is 11.6. The largest absolute Gasteiger partial charge is 0.429 e. The fourth-order valence-electron chi connectivity index (χ4n) is 2.31. The Labute approximate surface area is 108 Å². The molecule has 1 aromatic heterocycles. The summed E-state index contributed by atoms with van der Waals surface area (Å²) in [4.78, 5) is 36.2. The highest BCUT2D eigenvalue weighted by atomic mass is 16.4. The minimum Gasteiger partial charge on any atom is -0.414 e. The molecule has 0 saturated carbocycles. The van der Waals surface area contributed by atoms with Gasteiger partial charge in [-0.15, -0.1) is 0 Å². The quantitative estimate of drug-likeness (QED) is 0.763. The van der Waals surface area contributed by atoms with Crippen LogP contribution in [0.2, 0.25) is 0 Å². The maximum Gasteiger partial charge on any atom is 0.429 e. The number of carbonyl (C=O) groups is 1. The molecule has 0 radical (unpaired) electrons. The predicted octanol–water partition coefficient (Wildman–Crippen LogP) is 0.979. The molecular formula is C14H11NO4. The van der Waals surface area contributed by atoms with E-state index in [9.17, 15) is 14.4 Å². The molecule has 0 spiro atoms. The van der Waals surface area contributed by atoms with Gasteiger partial charge in [0.05, 0.1) is 5.56 Å². The molecule has 1 heterocycles. The van der Waals surface area contributed by atoms with Gasteiger partial charge < -0.3 is 4.42 Å². The van der Waals surface area contributed by atoms with Crippen molar-refractivity contribution < 1.29 is 9.21 Å². The molecule has 0 atom stereocenters. The van der Waals surface area contributed by atoms with Crippen molar-refractivity contribution >= 4 is 5.91 Å². The van der Waals surface area contributed by atoms with Gasteiger partial charge in [0, 0.05) is 12.0 Å². The van der Waals surface area contributed by atoms with Crippen LogP contribution < -0.4 is 11.3 Å². The summed E-state index contributed by atoms with van der Waals surface area (Å²) in [6, 6.07) is 8.22. The molecule has 2 aromatic rings. The number of aryl methyl sites for hydroxylation is 1. The predicted molar refractivity (Wildman–Crippen MR) is 67.4 cm³/mol.